The summed E-state index contributed by atoms with van der Waals surface area (Å²) in [5, 5.41) is 0. The van der Waals surface area contributed by atoms with Crippen LogP contribution in [0.15, 0.2) is 4.99 Å². The second-order valence-electron chi connectivity index (χ2n) is 2.56. The number of ether oxygens (including phenoxy) is 1. The Morgan fingerprint density at radius 1 is 1.50 bits per heavy atom. The average Bonchev–Trinajstić information content (AvgIpc) is 2.39. The first-order valence-electron chi connectivity index (χ1n) is 3.47. The number of nitrogens with zero attached hydrogens (tertiary/aromatic N) is 1. The highest BCUT2D eigenvalue weighted by atomic mass is 16.5. The van der Waals surface area contributed by atoms with Crippen LogP contribution in [0.1, 0.15) is 25.7 Å². The fourth-order valence-electron chi connectivity index (χ4n) is 1.37. The lowest BCUT2D eigenvalue weighted by molar-refractivity contribution is 0.00396. The Morgan fingerprint density at radius 3 is 2.50 bits per heavy atom. The molecule has 0 amide bonds. The molecule has 0 N–H and O–H groups in total. The minimum absolute atomic E-state index is 0.512. The maximum atomic E-state index is 9.95. The van der Waals surface area contributed by atoms with Gasteiger partial charge in [0.15, 0.2) is 5.72 Å². The van der Waals surface area contributed by atoms with Gasteiger partial charge in [-0.2, -0.15) is 4.99 Å². The number of methoxy groups -OCH3 is 1. The minimum atomic E-state index is -0.512. The Labute approximate surface area is 60.1 Å². The van der Waals surface area contributed by atoms with Crippen molar-refractivity contribution in [3.63, 3.8) is 0 Å². The summed E-state index contributed by atoms with van der Waals surface area (Å²) in [6.45, 7) is 0. The second-order valence-corrected chi connectivity index (χ2v) is 2.56. The molecule has 1 fully saturated rings. The molecule has 56 valence electrons. The molecule has 0 aromatic rings. The van der Waals surface area contributed by atoms with Gasteiger partial charge in [0.05, 0.1) is 0 Å². The SMILES string of the molecule is COC1(N=C=O)CCCC1. The van der Waals surface area contributed by atoms with Gasteiger partial charge in [-0.3, -0.25) is 0 Å². The van der Waals surface area contributed by atoms with Gasteiger partial charge in [-0.05, 0) is 25.7 Å². The molecule has 0 unspecified atom stereocenters. The molecule has 0 atom stereocenters. The Morgan fingerprint density at radius 2 is 2.10 bits per heavy atom. The van der Waals surface area contributed by atoms with Gasteiger partial charge in [0.25, 0.3) is 0 Å². The van der Waals surface area contributed by atoms with Crippen molar-refractivity contribution < 1.29 is 9.53 Å². The van der Waals surface area contributed by atoms with Gasteiger partial charge in [-0.25, -0.2) is 4.79 Å². The summed E-state index contributed by atoms with van der Waals surface area (Å²) in [5.41, 5.74) is -0.512. The van der Waals surface area contributed by atoms with Crippen LogP contribution >= 0.6 is 0 Å². The lowest BCUT2D eigenvalue weighted by Gasteiger charge is -2.19. The van der Waals surface area contributed by atoms with Crippen molar-refractivity contribution in [3.05, 3.63) is 0 Å². The third-order valence-electron chi connectivity index (χ3n) is 2.01. The maximum absolute atomic E-state index is 9.95. The quantitative estimate of drug-likeness (QED) is 0.428. The van der Waals surface area contributed by atoms with Crippen LogP contribution in [0.25, 0.3) is 0 Å². The molecule has 3 nitrogen and oxygen atoms in total. The Hall–Kier alpha value is -0.660. The molecule has 0 aromatic heterocycles. The molecule has 0 saturated heterocycles. The fourth-order valence-corrected chi connectivity index (χ4v) is 1.37. The molecule has 10 heavy (non-hydrogen) atoms. The topological polar surface area (TPSA) is 38.7 Å². The standard InChI is InChI=1S/C7H11NO2/c1-10-7(8-6-9)4-2-3-5-7/h2-5H2,1H3. The molecule has 1 aliphatic rings. The number of carbonyl (C=O) groups excluding carboxylic acids is 1. The maximum Gasteiger partial charge on any atom is 0.237 e. The highest BCUT2D eigenvalue weighted by Crippen LogP contribution is 2.33. The van der Waals surface area contributed by atoms with Crippen molar-refractivity contribution in [2.45, 2.75) is 31.4 Å². The van der Waals surface area contributed by atoms with Gasteiger partial charge in [0.1, 0.15) is 0 Å². The molecule has 1 saturated carbocycles. The number of isocyanates is 1. The molecule has 0 radical (unpaired) electrons. The lowest BCUT2D eigenvalue weighted by Crippen LogP contribution is -2.23. The van der Waals surface area contributed by atoms with Crippen molar-refractivity contribution in [1.29, 1.82) is 0 Å². The van der Waals surface area contributed by atoms with Crippen LogP contribution in [0, 0.1) is 0 Å². The molecule has 1 aliphatic carbocycles. The zero-order valence-corrected chi connectivity index (χ0v) is 6.09. The molecule has 3 heteroatoms. The van der Waals surface area contributed by atoms with E-state index < -0.39 is 5.72 Å². The number of hydrogen-bond donors (Lipinski definition) is 0. The van der Waals surface area contributed by atoms with Crippen molar-refractivity contribution in [2.24, 2.45) is 4.99 Å². The summed E-state index contributed by atoms with van der Waals surface area (Å²) in [6.07, 6.45) is 5.46. The summed E-state index contributed by atoms with van der Waals surface area (Å²) in [7, 11) is 1.59. The van der Waals surface area contributed by atoms with Crippen molar-refractivity contribution in [2.75, 3.05) is 7.11 Å². The van der Waals surface area contributed by atoms with Crippen molar-refractivity contribution in [3.8, 4) is 0 Å². The van der Waals surface area contributed by atoms with Crippen molar-refractivity contribution in [1.82, 2.24) is 0 Å². The highest BCUT2D eigenvalue weighted by molar-refractivity contribution is 5.34. The lowest BCUT2D eigenvalue weighted by atomic mass is 10.2. The fraction of sp³-hybridized carbons (Fsp3) is 0.857. The van der Waals surface area contributed by atoms with Crippen LogP contribution in [0.5, 0.6) is 0 Å². The normalized spacial score (nSPS) is 22.1. The van der Waals surface area contributed by atoms with E-state index in [1.807, 2.05) is 0 Å². The van der Waals surface area contributed by atoms with Crippen LogP contribution in [-0.2, 0) is 9.53 Å². The number of aliphatic imine (C=N–C) groups is 1. The minimum Gasteiger partial charge on any atom is -0.356 e. The Kier molecular flexibility index (Phi) is 2.20. The molecular formula is C7H11NO2. The highest BCUT2D eigenvalue weighted by Gasteiger charge is 2.33. The Balaban J connectivity index is 2.66. The molecule has 1 rings (SSSR count). The Bertz CT molecular complexity index is 155. The van der Waals surface area contributed by atoms with E-state index in [9.17, 15) is 4.79 Å². The monoisotopic (exact) mass is 141 g/mol. The van der Waals surface area contributed by atoms with Gasteiger partial charge in [-0.15, -0.1) is 0 Å². The zero-order valence-electron chi connectivity index (χ0n) is 6.09. The molecule has 0 spiro atoms. The van der Waals surface area contributed by atoms with Gasteiger partial charge in [0, 0.05) is 7.11 Å². The third-order valence-corrected chi connectivity index (χ3v) is 2.01. The van der Waals surface area contributed by atoms with Gasteiger partial charge in [0.2, 0.25) is 6.08 Å². The summed E-state index contributed by atoms with van der Waals surface area (Å²) < 4.78 is 5.11. The predicted octanol–water partition coefficient (Wildman–Crippen LogP) is 1.24. The third kappa shape index (κ3) is 1.25. The van der Waals surface area contributed by atoms with Crippen molar-refractivity contribution >= 4 is 6.08 Å². The van der Waals surface area contributed by atoms with E-state index >= 15 is 0 Å². The zero-order chi connectivity index (χ0) is 7.45. The summed E-state index contributed by atoms with van der Waals surface area (Å²) in [6, 6.07) is 0. The van der Waals surface area contributed by atoms with E-state index in [0.717, 1.165) is 25.7 Å². The van der Waals surface area contributed by atoms with Crippen LogP contribution in [0.3, 0.4) is 0 Å². The first kappa shape index (κ1) is 7.45. The average molecular weight is 141 g/mol. The second kappa shape index (κ2) is 2.95. The van der Waals surface area contributed by atoms with E-state index in [4.69, 9.17) is 4.74 Å². The van der Waals surface area contributed by atoms with E-state index in [0.29, 0.717) is 0 Å². The predicted molar refractivity (Wildman–Crippen MR) is 36.3 cm³/mol. The van der Waals surface area contributed by atoms with Gasteiger partial charge < -0.3 is 4.74 Å². The number of hydrogen-bond acceptors (Lipinski definition) is 3. The first-order chi connectivity index (χ1) is 4.83. The molecule has 0 bridgehead atoms. The largest absolute Gasteiger partial charge is 0.356 e. The smallest absolute Gasteiger partial charge is 0.237 e. The van der Waals surface area contributed by atoms with E-state index in [1.54, 1.807) is 13.2 Å². The molecule has 0 aliphatic heterocycles. The van der Waals surface area contributed by atoms with Crippen LogP contribution < -0.4 is 0 Å². The van der Waals surface area contributed by atoms with Crippen LogP contribution in [-0.4, -0.2) is 18.9 Å². The van der Waals surface area contributed by atoms with Crippen LogP contribution in [0.4, 0.5) is 0 Å². The van der Waals surface area contributed by atoms with Gasteiger partial charge >= 0.3 is 0 Å². The molecule has 0 heterocycles. The number of rotatable bonds is 2. The van der Waals surface area contributed by atoms with Crippen LogP contribution in [0.2, 0.25) is 0 Å². The molecular weight excluding hydrogens is 130 g/mol. The first-order valence-corrected chi connectivity index (χ1v) is 3.47. The summed E-state index contributed by atoms with van der Waals surface area (Å²) in [4.78, 5) is 13.6. The van der Waals surface area contributed by atoms with E-state index in [-0.39, 0.29) is 0 Å². The molecule has 0 aromatic carbocycles. The van der Waals surface area contributed by atoms with E-state index in [1.165, 1.54) is 0 Å². The summed E-state index contributed by atoms with van der Waals surface area (Å²) >= 11 is 0. The van der Waals surface area contributed by atoms with Gasteiger partial charge in [-0.1, -0.05) is 0 Å². The van der Waals surface area contributed by atoms with E-state index in [2.05, 4.69) is 4.99 Å². The summed E-state index contributed by atoms with van der Waals surface area (Å²) in [5.74, 6) is 0.